The van der Waals surface area contributed by atoms with Crippen molar-refractivity contribution in [2.45, 2.75) is 18.9 Å². The highest BCUT2D eigenvalue weighted by atomic mass is 35.5. The summed E-state index contributed by atoms with van der Waals surface area (Å²) in [6.07, 6.45) is 5.95. The van der Waals surface area contributed by atoms with Crippen LogP contribution in [-0.2, 0) is 0 Å². The van der Waals surface area contributed by atoms with Gasteiger partial charge in [-0.2, -0.15) is 0 Å². The first-order valence-electron chi connectivity index (χ1n) is 8.08. The number of aromatic amines is 1. The van der Waals surface area contributed by atoms with E-state index in [0.29, 0.717) is 36.6 Å². The molecule has 1 saturated heterocycles. The van der Waals surface area contributed by atoms with E-state index in [1.54, 1.807) is 27.8 Å². The summed E-state index contributed by atoms with van der Waals surface area (Å²) in [5.41, 5.74) is 1.78. The summed E-state index contributed by atoms with van der Waals surface area (Å²) in [6, 6.07) is 5.43. The molecule has 0 saturated carbocycles. The molecular weight excluding hydrogens is 342 g/mol. The number of hydrogen-bond acceptors (Lipinski definition) is 4. The zero-order valence-electron chi connectivity index (χ0n) is 13.4. The van der Waals surface area contributed by atoms with Crippen LogP contribution < -0.4 is 5.69 Å². The summed E-state index contributed by atoms with van der Waals surface area (Å²) in [6.45, 7) is 1.15. The predicted molar refractivity (Wildman–Crippen MR) is 93.8 cm³/mol. The summed E-state index contributed by atoms with van der Waals surface area (Å²) >= 11 is 5.99. The summed E-state index contributed by atoms with van der Waals surface area (Å²) in [4.78, 5) is 37.4. The number of hydrogen-bond donors (Lipinski definition) is 1. The van der Waals surface area contributed by atoms with Crippen LogP contribution in [0.2, 0.25) is 5.02 Å². The van der Waals surface area contributed by atoms with Crippen molar-refractivity contribution in [3.8, 4) is 0 Å². The maximum atomic E-state index is 12.4. The van der Waals surface area contributed by atoms with Gasteiger partial charge in [-0.3, -0.25) is 14.3 Å². The molecule has 7 nitrogen and oxygen atoms in total. The van der Waals surface area contributed by atoms with Crippen LogP contribution in [0, 0.1) is 0 Å². The normalized spacial score (nSPS) is 15.6. The lowest BCUT2D eigenvalue weighted by molar-refractivity contribution is 0.0688. The maximum absolute atomic E-state index is 12.4. The Hall–Kier alpha value is -2.67. The Morgan fingerprint density at radius 3 is 2.76 bits per heavy atom. The second-order valence-electron chi connectivity index (χ2n) is 6.08. The van der Waals surface area contributed by atoms with Gasteiger partial charge in [0.1, 0.15) is 5.69 Å². The topological polar surface area (TPSA) is 83.9 Å². The molecule has 1 aromatic carbocycles. The van der Waals surface area contributed by atoms with Gasteiger partial charge in [0.2, 0.25) is 0 Å². The number of piperidine rings is 1. The van der Waals surface area contributed by atoms with E-state index in [0.717, 1.165) is 11.0 Å². The lowest BCUT2D eigenvalue weighted by Gasteiger charge is -2.32. The molecule has 0 unspecified atom stereocenters. The van der Waals surface area contributed by atoms with Crippen molar-refractivity contribution < 1.29 is 4.79 Å². The fourth-order valence-electron chi connectivity index (χ4n) is 3.36. The number of amides is 1. The Bertz CT molecular complexity index is 974. The van der Waals surface area contributed by atoms with Crippen LogP contribution in [0.15, 0.2) is 41.6 Å². The molecule has 1 aliphatic heterocycles. The number of rotatable bonds is 2. The van der Waals surface area contributed by atoms with E-state index in [1.165, 1.54) is 12.4 Å². The molecular formula is C17H16ClN5O2. The number of imidazole rings is 1. The zero-order valence-corrected chi connectivity index (χ0v) is 14.1. The van der Waals surface area contributed by atoms with Crippen LogP contribution >= 0.6 is 11.6 Å². The Balaban J connectivity index is 1.54. The molecule has 0 bridgehead atoms. The largest absolute Gasteiger partial charge is 0.337 e. The predicted octanol–water partition coefficient (Wildman–Crippen LogP) is 2.25. The molecule has 4 rings (SSSR count). The lowest BCUT2D eigenvalue weighted by Crippen LogP contribution is -2.40. The third kappa shape index (κ3) is 2.91. The average molecular weight is 358 g/mol. The highest BCUT2D eigenvalue weighted by Gasteiger charge is 2.27. The van der Waals surface area contributed by atoms with Crippen LogP contribution in [0.4, 0.5) is 0 Å². The summed E-state index contributed by atoms with van der Waals surface area (Å²) in [5.74, 6) is -0.121. The van der Waals surface area contributed by atoms with Crippen LogP contribution in [0.1, 0.15) is 29.4 Å². The van der Waals surface area contributed by atoms with E-state index in [9.17, 15) is 9.59 Å². The van der Waals surface area contributed by atoms with Gasteiger partial charge in [0.05, 0.1) is 17.2 Å². The number of likely N-dealkylation sites (tertiary alicyclic amines) is 1. The third-order valence-electron chi connectivity index (χ3n) is 4.58. The second-order valence-corrected chi connectivity index (χ2v) is 6.51. The maximum Gasteiger partial charge on any atom is 0.326 e. The molecule has 0 radical (unpaired) electrons. The molecule has 25 heavy (non-hydrogen) atoms. The smallest absolute Gasteiger partial charge is 0.326 e. The van der Waals surface area contributed by atoms with Gasteiger partial charge in [-0.15, -0.1) is 0 Å². The van der Waals surface area contributed by atoms with E-state index in [-0.39, 0.29) is 17.6 Å². The molecule has 128 valence electrons. The number of halogens is 1. The van der Waals surface area contributed by atoms with Crippen LogP contribution in [0.5, 0.6) is 0 Å². The molecule has 0 spiro atoms. The zero-order chi connectivity index (χ0) is 17.4. The summed E-state index contributed by atoms with van der Waals surface area (Å²) < 4.78 is 1.77. The van der Waals surface area contributed by atoms with E-state index in [1.807, 2.05) is 6.07 Å². The van der Waals surface area contributed by atoms with E-state index in [2.05, 4.69) is 15.0 Å². The first-order chi connectivity index (χ1) is 12.1. The van der Waals surface area contributed by atoms with Gasteiger partial charge >= 0.3 is 5.69 Å². The molecule has 0 atom stereocenters. The van der Waals surface area contributed by atoms with Crippen molar-refractivity contribution in [2.24, 2.45) is 0 Å². The van der Waals surface area contributed by atoms with Gasteiger partial charge in [-0.1, -0.05) is 11.6 Å². The van der Waals surface area contributed by atoms with Crippen LogP contribution in [0.25, 0.3) is 11.0 Å². The Morgan fingerprint density at radius 2 is 2.04 bits per heavy atom. The molecule has 1 aliphatic rings. The van der Waals surface area contributed by atoms with Gasteiger partial charge in [-0.05, 0) is 31.0 Å². The molecule has 2 aromatic heterocycles. The number of benzene rings is 1. The number of fused-ring (bicyclic) bond motifs is 1. The molecule has 1 N–H and O–H groups in total. The highest BCUT2D eigenvalue weighted by molar-refractivity contribution is 6.31. The minimum atomic E-state index is -0.143. The van der Waals surface area contributed by atoms with Crippen LogP contribution in [-0.4, -0.2) is 43.4 Å². The third-order valence-corrected chi connectivity index (χ3v) is 4.81. The first kappa shape index (κ1) is 15.8. The molecule has 3 heterocycles. The molecule has 1 amide bonds. The molecule has 1 fully saturated rings. The van der Waals surface area contributed by atoms with Gasteiger partial charge in [-0.25, -0.2) is 9.78 Å². The Morgan fingerprint density at radius 1 is 1.24 bits per heavy atom. The quantitative estimate of drug-likeness (QED) is 0.762. The molecule has 3 aromatic rings. The highest BCUT2D eigenvalue weighted by Crippen LogP contribution is 2.26. The van der Waals surface area contributed by atoms with Crippen molar-refractivity contribution in [2.75, 3.05) is 13.1 Å². The number of aromatic nitrogens is 4. The standard InChI is InChI=1S/C17H16ClN5O2/c18-11-1-2-15-13(9-11)21-17(25)23(15)12-3-7-22(8-4-12)16(24)14-10-19-5-6-20-14/h1-2,5-6,9-10,12H,3-4,7-8H2,(H,21,25). The van der Waals surface area contributed by atoms with Gasteiger partial charge in [0, 0.05) is 36.5 Å². The first-order valence-corrected chi connectivity index (χ1v) is 8.46. The second kappa shape index (κ2) is 6.33. The lowest BCUT2D eigenvalue weighted by atomic mass is 10.0. The summed E-state index contributed by atoms with van der Waals surface area (Å²) in [5, 5.41) is 0.588. The number of nitrogens with one attached hydrogen (secondary N) is 1. The van der Waals surface area contributed by atoms with Crippen molar-refractivity contribution >= 4 is 28.5 Å². The monoisotopic (exact) mass is 357 g/mol. The van der Waals surface area contributed by atoms with Gasteiger partial charge in [0.15, 0.2) is 0 Å². The number of H-pyrrole nitrogens is 1. The average Bonchev–Trinajstić information content (AvgIpc) is 2.97. The minimum absolute atomic E-state index is 0.0494. The van der Waals surface area contributed by atoms with E-state index >= 15 is 0 Å². The van der Waals surface area contributed by atoms with Gasteiger partial charge < -0.3 is 9.88 Å². The van der Waals surface area contributed by atoms with Crippen molar-refractivity contribution in [3.63, 3.8) is 0 Å². The summed E-state index contributed by atoms with van der Waals surface area (Å²) in [7, 11) is 0. The van der Waals surface area contributed by atoms with E-state index < -0.39 is 0 Å². The molecule has 8 heteroatoms. The molecule has 0 aliphatic carbocycles. The number of carbonyl (C=O) groups excluding carboxylic acids is 1. The Kier molecular flexibility index (Phi) is 4.01. The van der Waals surface area contributed by atoms with Crippen molar-refractivity contribution in [1.29, 1.82) is 0 Å². The number of nitrogens with zero attached hydrogens (tertiary/aromatic N) is 4. The van der Waals surface area contributed by atoms with Gasteiger partial charge in [0.25, 0.3) is 5.91 Å². The fraction of sp³-hybridized carbons (Fsp3) is 0.294. The van der Waals surface area contributed by atoms with Crippen molar-refractivity contribution in [1.82, 2.24) is 24.4 Å². The SMILES string of the molecule is O=C(c1cnccn1)N1CCC(n2c(=O)[nH]c3cc(Cl)ccc32)CC1. The Labute approximate surface area is 148 Å². The number of carbonyl (C=O) groups is 1. The fourth-order valence-corrected chi connectivity index (χ4v) is 3.54. The van der Waals surface area contributed by atoms with Crippen LogP contribution in [0.3, 0.4) is 0 Å². The van der Waals surface area contributed by atoms with E-state index in [4.69, 9.17) is 11.6 Å². The van der Waals surface area contributed by atoms with Crippen molar-refractivity contribution in [3.05, 3.63) is 58.0 Å². The minimum Gasteiger partial charge on any atom is -0.337 e.